The van der Waals surface area contributed by atoms with Crippen LogP contribution in [0.5, 0.6) is 0 Å². The van der Waals surface area contributed by atoms with E-state index in [9.17, 15) is 14.4 Å². The molecule has 0 saturated heterocycles. The van der Waals surface area contributed by atoms with E-state index in [2.05, 4.69) is 15.1 Å². The lowest BCUT2D eigenvalue weighted by Crippen LogP contribution is -2.33. The van der Waals surface area contributed by atoms with E-state index in [1.54, 1.807) is 0 Å². The molecule has 1 aromatic rings. The van der Waals surface area contributed by atoms with Gasteiger partial charge in [-0.05, 0) is 6.07 Å². The van der Waals surface area contributed by atoms with Crippen LogP contribution in [-0.4, -0.2) is 24.9 Å². The fraction of sp³-hybridized carbons (Fsp3) is 0.300. The first kappa shape index (κ1) is 12.0. The van der Waals surface area contributed by atoms with Crippen LogP contribution in [0, 0.1) is 0 Å². The van der Waals surface area contributed by atoms with Crippen molar-refractivity contribution < 1.29 is 14.0 Å². The highest BCUT2D eigenvalue weighted by atomic mass is 16.4. The summed E-state index contributed by atoms with van der Waals surface area (Å²) < 4.78 is 4.54. The van der Waals surface area contributed by atoms with Crippen LogP contribution in [0.1, 0.15) is 17.3 Å². The fourth-order valence-corrected chi connectivity index (χ4v) is 1.00. The lowest BCUT2D eigenvalue weighted by molar-refractivity contribution is -0.118. The molecule has 0 aliphatic heterocycles. The topological polar surface area (TPSA) is 88.4 Å². The minimum absolute atomic E-state index is 0.153. The summed E-state index contributed by atoms with van der Waals surface area (Å²) in [5.74, 6) is -0.506. The van der Waals surface area contributed by atoms with Crippen LogP contribution < -0.4 is 16.3 Å². The van der Waals surface area contributed by atoms with E-state index in [1.165, 1.54) is 19.1 Å². The molecule has 6 heteroatoms. The van der Waals surface area contributed by atoms with Gasteiger partial charge in [0.15, 0.2) is 0 Å². The normalized spacial score (nSPS) is 9.56. The van der Waals surface area contributed by atoms with E-state index in [0.717, 1.165) is 6.26 Å². The van der Waals surface area contributed by atoms with Crippen LogP contribution >= 0.6 is 0 Å². The summed E-state index contributed by atoms with van der Waals surface area (Å²) in [6, 6.07) is 2.54. The monoisotopic (exact) mass is 224 g/mol. The summed E-state index contributed by atoms with van der Waals surface area (Å²) in [5, 5.41) is 5.09. The number of hydrogen-bond donors (Lipinski definition) is 2. The Hall–Kier alpha value is -2.11. The zero-order valence-corrected chi connectivity index (χ0v) is 8.78. The van der Waals surface area contributed by atoms with E-state index in [4.69, 9.17) is 0 Å². The third kappa shape index (κ3) is 3.95. The fourth-order valence-electron chi connectivity index (χ4n) is 1.00. The molecule has 1 aromatic heterocycles. The Labute approximate surface area is 91.6 Å². The maximum Gasteiger partial charge on any atom is 0.335 e. The number of nitrogens with one attached hydrogen (secondary N) is 2. The van der Waals surface area contributed by atoms with Gasteiger partial charge in [-0.1, -0.05) is 0 Å². The zero-order chi connectivity index (χ0) is 12.0. The van der Waals surface area contributed by atoms with Gasteiger partial charge in [-0.25, -0.2) is 4.79 Å². The standard InChI is InChI=1S/C10H12N2O4/c1-7(13)11-4-5-12-10(15)8-2-3-9(14)16-6-8/h2-3,6H,4-5H2,1H3,(H,11,13)(H,12,15). The SMILES string of the molecule is CC(=O)NCCNC(=O)c1ccc(=O)oc1. The van der Waals surface area contributed by atoms with Crippen molar-refractivity contribution in [2.75, 3.05) is 13.1 Å². The van der Waals surface area contributed by atoms with Crippen molar-refractivity contribution in [1.82, 2.24) is 10.6 Å². The largest absolute Gasteiger partial charge is 0.430 e. The maximum absolute atomic E-state index is 11.4. The highest BCUT2D eigenvalue weighted by molar-refractivity contribution is 5.93. The number of rotatable bonds is 4. The minimum Gasteiger partial charge on any atom is -0.430 e. The number of carbonyl (C=O) groups excluding carboxylic acids is 2. The van der Waals surface area contributed by atoms with Gasteiger partial charge in [0.2, 0.25) is 5.91 Å². The van der Waals surface area contributed by atoms with Gasteiger partial charge in [0.25, 0.3) is 5.91 Å². The molecule has 0 aromatic carbocycles. The number of amides is 2. The van der Waals surface area contributed by atoms with Gasteiger partial charge in [0.05, 0.1) is 5.56 Å². The van der Waals surface area contributed by atoms with Crippen molar-refractivity contribution in [3.63, 3.8) is 0 Å². The Kier molecular flexibility index (Phi) is 4.26. The third-order valence-corrected chi connectivity index (χ3v) is 1.75. The van der Waals surface area contributed by atoms with E-state index < -0.39 is 5.63 Å². The summed E-state index contributed by atoms with van der Waals surface area (Å²) in [5.41, 5.74) is -0.239. The second-order valence-corrected chi connectivity index (χ2v) is 3.08. The molecular weight excluding hydrogens is 212 g/mol. The lowest BCUT2D eigenvalue weighted by atomic mass is 10.3. The van der Waals surface area contributed by atoms with Gasteiger partial charge in [-0.3, -0.25) is 9.59 Å². The minimum atomic E-state index is -0.505. The van der Waals surface area contributed by atoms with E-state index in [-0.39, 0.29) is 17.4 Å². The number of hydrogen-bond acceptors (Lipinski definition) is 4. The second kappa shape index (κ2) is 5.69. The molecule has 86 valence electrons. The summed E-state index contributed by atoms with van der Waals surface area (Å²) in [6.45, 7) is 2.07. The Morgan fingerprint density at radius 2 is 1.94 bits per heavy atom. The molecule has 2 amide bonds. The zero-order valence-electron chi connectivity index (χ0n) is 8.78. The average Bonchev–Trinajstić information content (AvgIpc) is 2.25. The maximum atomic E-state index is 11.4. The van der Waals surface area contributed by atoms with E-state index >= 15 is 0 Å². The summed E-state index contributed by atoms with van der Waals surface area (Å²) in [7, 11) is 0. The van der Waals surface area contributed by atoms with Crippen molar-refractivity contribution in [1.29, 1.82) is 0 Å². The van der Waals surface area contributed by atoms with Crippen molar-refractivity contribution >= 4 is 11.8 Å². The predicted octanol–water partition coefficient (Wildman–Crippen LogP) is -0.494. The molecule has 0 fully saturated rings. The van der Waals surface area contributed by atoms with Gasteiger partial charge in [0.1, 0.15) is 6.26 Å². The molecule has 16 heavy (non-hydrogen) atoms. The van der Waals surface area contributed by atoms with E-state index in [1.807, 2.05) is 0 Å². The van der Waals surface area contributed by atoms with Crippen molar-refractivity contribution in [3.8, 4) is 0 Å². The first-order valence-corrected chi connectivity index (χ1v) is 4.71. The summed E-state index contributed by atoms with van der Waals surface area (Å²) >= 11 is 0. The molecule has 0 saturated carbocycles. The molecule has 2 N–H and O–H groups in total. The Morgan fingerprint density at radius 1 is 1.25 bits per heavy atom. The average molecular weight is 224 g/mol. The number of carbonyl (C=O) groups is 2. The molecule has 0 spiro atoms. The molecule has 6 nitrogen and oxygen atoms in total. The van der Waals surface area contributed by atoms with Gasteiger partial charge in [-0.15, -0.1) is 0 Å². The first-order valence-electron chi connectivity index (χ1n) is 4.71. The molecule has 0 aliphatic rings. The van der Waals surface area contributed by atoms with Crippen LogP contribution in [0.3, 0.4) is 0 Å². The highest BCUT2D eigenvalue weighted by Gasteiger charge is 2.04. The van der Waals surface area contributed by atoms with Gasteiger partial charge in [0, 0.05) is 26.1 Å². The van der Waals surface area contributed by atoms with Crippen molar-refractivity contribution in [2.45, 2.75) is 6.92 Å². The smallest absolute Gasteiger partial charge is 0.335 e. The van der Waals surface area contributed by atoms with Crippen molar-refractivity contribution in [2.24, 2.45) is 0 Å². The van der Waals surface area contributed by atoms with Crippen LogP contribution in [-0.2, 0) is 4.79 Å². The molecule has 0 atom stereocenters. The Morgan fingerprint density at radius 3 is 2.50 bits per heavy atom. The van der Waals surface area contributed by atoms with Crippen LogP contribution in [0.2, 0.25) is 0 Å². The van der Waals surface area contributed by atoms with Crippen LogP contribution in [0.15, 0.2) is 27.6 Å². The molecular formula is C10H12N2O4. The highest BCUT2D eigenvalue weighted by Crippen LogP contribution is 1.93. The second-order valence-electron chi connectivity index (χ2n) is 3.08. The molecule has 0 bridgehead atoms. The Bertz CT molecular complexity index is 418. The van der Waals surface area contributed by atoms with Crippen LogP contribution in [0.25, 0.3) is 0 Å². The molecule has 0 radical (unpaired) electrons. The Balaban J connectivity index is 2.38. The first-order chi connectivity index (χ1) is 7.59. The summed E-state index contributed by atoms with van der Waals surface area (Å²) in [4.78, 5) is 32.6. The molecule has 1 heterocycles. The lowest BCUT2D eigenvalue weighted by Gasteiger charge is -2.04. The summed E-state index contributed by atoms with van der Waals surface area (Å²) in [6.07, 6.45) is 1.09. The van der Waals surface area contributed by atoms with Crippen molar-refractivity contribution in [3.05, 3.63) is 34.4 Å². The molecule has 1 rings (SSSR count). The van der Waals surface area contributed by atoms with Gasteiger partial charge >= 0.3 is 5.63 Å². The van der Waals surface area contributed by atoms with E-state index in [0.29, 0.717) is 13.1 Å². The van der Waals surface area contributed by atoms with Gasteiger partial charge < -0.3 is 15.1 Å². The third-order valence-electron chi connectivity index (χ3n) is 1.75. The van der Waals surface area contributed by atoms with Crippen LogP contribution in [0.4, 0.5) is 0 Å². The van der Waals surface area contributed by atoms with Gasteiger partial charge in [-0.2, -0.15) is 0 Å². The quantitative estimate of drug-likeness (QED) is 0.675. The molecule has 0 aliphatic carbocycles. The molecule has 0 unspecified atom stereocenters. The predicted molar refractivity (Wildman–Crippen MR) is 56.0 cm³/mol.